The lowest BCUT2D eigenvalue weighted by Crippen LogP contribution is -2.45. The van der Waals surface area contributed by atoms with Gasteiger partial charge in [0.05, 0.1) is 6.54 Å². The van der Waals surface area contributed by atoms with Gasteiger partial charge in [-0.25, -0.2) is 0 Å². The van der Waals surface area contributed by atoms with Crippen molar-refractivity contribution in [1.29, 1.82) is 0 Å². The first-order chi connectivity index (χ1) is 12.6. The number of thiophene rings is 1. The molecule has 1 aromatic heterocycles. The van der Waals surface area contributed by atoms with Gasteiger partial charge in [0.15, 0.2) is 0 Å². The predicted octanol–water partition coefficient (Wildman–Crippen LogP) is 2.97. The number of hydrogen-bond acceptors (Lipinski definition) is 4. The third-order valence-electron chi connectivity index (χ3n) is 4.88. The average Bonchev–Trinajstić information content (AvgIpc) is 3.11. The van der Waals surface area contributed by atoms with Crippen molar-refractivity contribution < 1.29 is 9.59 Å². The molecule has 0 fully saturated rings. The van der Waals surface area contributed by atoms with Crippen molar-refractivity contribution in [2.24, 2.45) is 5.73 Å². The predicted molar refractivity (Wildman–Crippen MR) is 105 cm³/mol. The molecule has 2 aromatic rings. The van der Waals surface area contributed by atoms with Crippen LogP contribution in [-0.2, 0) is 16.0 Å². The minimum atomic E-state index is -0.397. The second kappa shape index (κ2) is 8.47. The molecule has 2 amide bonds. The van der Waals surface area contributed by atoms with Gasteiger partial charge in [0, 0.05) is 36.1 Å². The molecule has 5 nitrogen and oxygen atoms in total. The van der Waals surface area contributed by atoms with Crippen LogP contribution in [0.1, 0.15) is 36.2 Å². The van der Waals surface area contributed by atoms with Crippen LogP contribution in [0.3, 0.4) is 0 Å². The Morgan fingerprint density at radius 1 is 1.27 bits per heavy atom. The zero-order valence-electron chi connectivity index (χ0n) is 15.1. The van der Waals surface area contributed by atoms with Crippen molar-refractivity contribution in [1.82, 2.24) is 4.90 Å². The van der Waals surface area contributed by atoms with Crippen LogP contribution < -0.4 is 10.6 Å². The summed E-state index contributed by atoms with van der Waals surface area (Å²) in [6.45, 7) is 3.71. The standard InChI is InChI=1S/C20H25N3O2S/c1-2-17-16-10-13-26-18(16)8-11-22(17)14-20(25)23(12-9-19(21)24)15-6-4-3-5-7-15/h3-7,10,13,17H,2,8-9,11-12,14H2,1H3,(H2,21,24). The van der Waals surface area contributed by atoms with Crippen molar-refractivity contribution in [3.05, 3.63) is 52.2 Å². The summed E-state index contributed by atoms with van der Waals surface area (Å²) in [6, 6.07) is 12.0. The Labute approximate surface area is 158 Å². The number of benzene rings is 1. The van der Waals surface area contributed by atoms with Crippen LogP contribution in [0.4, 0.5) is 5.69 Å². The number of rotatable bonds is 7. The summed E-state index contributed by atoms with van der Waals surface area (Å²) in [4.78, 5) is 29.7. The van der Waals surface area contributed by atoms with Crippen molar-refractivity contribution in [3.63, 3.8) is 0 Å². The Kier molecular flexibility index (Phi) is 6.06. The molecule has 1 aliphatic rings. The van der Waals surface area contributed by atoms with Crippen LogP contribution in [0, 0.1) is 0 Å². The number of amides is 2. The van der Waals surface area contributed by atoms with Gasteiger partial charge in [-0.3, -0.25) is 14.5 Å². The van der Waals surface area contributed by atoms with E-state index in [1.165, 1.54) is 10.4 Å². The molecule has 2 heterocycles. The zero-order valence-corrected chi connectivity index (χ0v) is 15.9. The number of fused-ring (bicyclic) bond motifs is 1. The van der Waals surface area contributed by atoms with Crippen LogP contribution in [0.5, 0.6) is 0 Å². The Hall–Kier alpha value is -2.18. The van der Waals surface area contributed by atoms with Gasteiger partial charge >= 0.3 is 0 Å². The summed E-state index contributed by atoms with van der Waals surface area (Å²) < 4.78 is 0. The number of para-hydroxylation sites is 1. The van der Waals surface area contributed by atoms with Crippen LogP contribution >= 0.6 is 11.3 Å². The second-order valence-corrected chi connectivity index (χ2v) is 7.54. The molecule has 138 valence electrons. The molecule has 1 aliphatic heterocycles. The van der Waals surface area contributed by atoms with Crippen LogP contribution in [-0.4, -0.2) is 36.3 Å². The fourth-order valence-electron chi connectivity index (χ4n) is 3.60. The minimum absolute atomic E-state index is 0.00887. The Morgan fingerprint density at radius 2 is 2.04 bits per heavy atom. The van der Waals surface area contributed by atoms with E-state index in [2.05, 4.69) is 23.3 Å². The number of anilines is 1. The second-order valence-electron chi connectivity index (χ2n) is 6.54. The Morgan fingerprint density at radius 3 is 2.73 bits per heavy atom. The van der Waals surface area contributed by atoms with E-state index in [0.29, 0.717) is 13.1 Å². The number of carbonyl (C=O) groups excluding carboxylic acids is 2. The third kappa shape index (κ3) is 4.14. The molecule has 1 atom stereocenters. The monoisotopic (exact) mass is 371 g/mol. The summed E-state index contributed by atoms with van der Waals surface area (Å²) in [6.07, 6.45) is 2.12. The van der Waals surface area contributed by atoms with Crippen LogP contribution in [0.15, 0.2) is 41.8 Å². The van der Waals surface area contributed by atoms with Gasteiger partial charge in [-0.2, -0.15) is 0 Å². The molecular formula is C20H25N3O2S. The van der Waals surface area contributed by atoms with E-state index in [4.69, 9.17) is 5.73 Å². The first-order valence-corrected chi connectivity index (χ1v) is 9.92. The van der Waals surface area contributed by atoms with E-state index in [0.717, 1.165) is 25.1 Å². The van der Waals surface area contributed by atoms with Gasteiger partial charge in [0.25, 0.3) is 0 Å². The van der Waals surface area contributed by atoms with E-state index in [-0.39, 0.29) is 18.4 Å². The first kappa shape index (κ1) is 18.6. The summed E-state index contributed by atoms with van der Waals surface area (Å²) in [5, 5.41) is 2.14. The maximum absolute atomic E-state index is 13.1. The fraction of sp³-hybridized carbons (Fsp3) is 0.400. The van der Waals surface area contributed by atoms with Gasteiger partial charge < -0.3 is 10.6 Å². The van der Waals surface area contributed by atoms with E-state index in [1.807, 2.05) is 30.3 Å². The summed E-state index contributed by atoms with van der Waals surface area (Å²) in [5.74, 6) is -0.388. The molecule has 0 saturated heterocycles. The highest BCUT2D eigenvalue weighted by Gasteiger charge is 2.29. The summed E-state index contributed by atoms with van der Waals surface area (Å²) >= 11 is 1.81. The maximum atomic E-state index is 13.1. The smallest absolute Gasteiger partial charge is 0.241 e. The van der Waals surface area contributed by atoms with Gasteiger partial charge in [-0.05, 0) is 42.0 Å². The van der Waals surface area contributed by atoms with Crippen LogP contribution in [0.2, 0.25) is 0 Å². The molecule has 1 unspecified atom stereocenters. The lowest BCUT2D eigenvalue weighted by atomic mass is 9.98. The molecule has 0 aliphatic carbocycles. The van der Waals surface area contributed by atoms with Crippen molar-refractivity contribution >= 4 is 28.8 Å². The molecule has 2 N–H and O–H groups in total. The molecule has 0 spiro atoms. The molecule has 3 rings (SSSR count). The van der Waals surface area contributed by atoms with Crippen molar-refractivity contribution in [2.45, 2.75) is 32.2 Å². The zero-order chi connectivity index (χ0) is 18.5. The van der Waals surface area contributed by atoms with Gasteiger partial charge in [0.1, 0.15) is 0 Å². The third-order valence-corrected chi connectivity index (χ3v) is 5.88. The summed E-state index contributed by atoms with van der Waals surface area (Å²) in [7, 11) is 0. The number of hydrogen-bond donors (Lipinski definition) is 1. The number of nitrogens with zero attached hydrogens (tertiary/aromatic N) is 2. The van der Waals surface area contributed by atoms with E-state index < -0.39 is 5.91 Å². The fourth-order valence-corrected chi connectivity index (χ4v) is 4.53. The van der Waals surface area contributed by atoms with Gasteiger partial charge in [0.2, 0.25) is 11.8 Å². The van der Waals surface area contributed by atoms with Crippen molar-refractivity contribution in [3.8, 4) is 0 Å². The lowest BCUT2D eigenvalue weighted by molar-refractivity contribution is -0.120. The Bertz CT molecular complexity index is 759. The Balaban J connectivity index is 1.76. The van der Waals surface area contributed by atoms with E-state index in [9.17, 15) is 9.59 Å². The highest BCUT2D eigenvalue weighted by Crippen LogP contribution is 2.35. The van der Waals surface area contributed by atoms with Gasteiger partial charge in [-0.15, -0.1) is 11.3 Å². The van der Waals surface area contributed by atoms with Gasteiger partial charge in [-0.1, -0.05) is 25.1 Å². The SMILES string of the molecule is CCC1c2ccsc2CCN1CC(=O)N(CCC(N)=O)c1ccccc1. The average molecular weight is 372 g/mol. The minimum Gasteiger partial charge on any atom is -0.370 e. The van der Waals surface area contributed by atoms with E-state index >= 15 is 0 Å². The number of carbonyl (C=O) groups is 2. The molecule has 0 radical (unpaired) electrons. The lowest BCUT2D eigenvalue weighted by Gasteiger charge is -2.36. The quantitative estimate of drug-likeness (QED) is 0.814. The molecule has 26 heavy (non-hydrogen) atoms. The summed E-state index contributed by atoms with van der Waals surface area (Å²) in [5.41, 5.74) is 7.47. The molecule has 1 aromatic carbocycles. The van der Waals surface area contributed by atoms with Crippen molar-refractivity contribution in [2.75, 3.05) is 24.5 Å². The normalized spacial score (nSPS) is 16.9. The van der Waals surface area contributed by atoms with Crippen LogP contribution in [0.25, 0.3) is 0 Å². The maximum Gasteiger partial charge on any atom is 0.241 e. The first-order valence-electron chi connectivity index (χ1n) is 9.04. The number of primary amides is 1. The molecule has 0 saturated carbocycles. The molecule has 0 bridgehead atoms. The van der Waals surface area contributed by atoms with E-state index in [1.54, 1.807) is 16.2 Å². The molecule has 6 heteroatoms. The number of nitrogens with two attached hydrogens (primary N) is 1. The largest absolute Gasteiger partial charge is 0.370 e. The molecular weight excluding hydrogens is 346 g/mol. The highest BCUT2D eigenvalue weighted by atomic mass is 32.1. The highest BCUT2D eigenvalue weighted by molar-refractivity contribution is 7.10. The topological polar surface area (TPSA) is 66.6 Å².